The summed E-state index contributed by atoms with van der Waals surface area (Å²) in [6.45, 7) is 1.01. The highest BCUT2D eigenvalue weighted by Crippen LogP contribution is 2.31. The second kappa shape index (κ2) is 6.02. The van der Waals surface area contributed by atoms with Crippen molar-refractivity contribution in [3.63, 3.8) is 0 Å². The van der Waals surface area contributed by atoms with E-state index in [2.05, 4.69) is 5.32 Å². The Balaban J connectivity index is 1.62. The number of rotatable bonds is 5. The molecule has 0 bridgehead atoms. The zero-order valence-electron chi connectivity index (χ0n) is 11.8. The molecule has 3 rings (SSSR count). The summed E-state index contributed by atoms with van der Waals surface area (Å²) in [7, 11) is 0. The molecule has 0 amide bonds. The largest absolute Gasteiger partial charge is 0.490 e. The average molecular weight is 293 g/mol. The minimum atomic E-state index is -0.800. The molecule has 0 radical (unpaired) electrons. The van der Waals surface area contributed by atoms with E-state index < -0.39 is 11.9 Å². The van der Waals surface area contributed by atoms with Crippen molar-refractivity contribution < 1.29 is 19.0 Å². The molecule has 0 spiro atoms. The minimum absolute atomic E-state index is 0.0960. The van der Waals surface area contributed by atoms with Crippen LogP contribution in [0.3, 0.4) is 0 Å². The van der Waals surface area contributed by atoms with Crippen LogP contribution in [0.15, 0.2) is 18.2 Å². The number of nitrogens with one attached hydrogen (secondary N) is 1. The normalized spacial score (nSPS) is 25.6. The van der Waals surface area contributed by atoms with Gasteiger partial charge in [0.2, 0.25) is 0 Å². The van der Waals surface area contributed by atoms with E-state index in [1.54, 1.807) is 6.07 Å². The summed E-state index contributed by atoms with van der Waals surface area (Å²) in [4.78, 5) is 10.9. The second-order valence-corrected chi connectivity index (χ2v) is 6.03. The van der Waals surface area contributed by atoms with Gasteiger partial charge in [0.25, 0.3) is 0 Å². The van der Waals surface area contributed by atoms with Crippen molar-refractivity contribution in [2.75, 3.05) is 13.2 Å². The van der Waals surface area contributed by atoms with Crippen LogP contribution in [0.25, 0.3) is 0 Å². The van der Waals surface area contributed by atoms with Gasteiger partial charge >= 0.3 is 5.97 Å². The van der Waals surface area contributed by atoms with Crippen LogP contribution >= 0.6 is 0 Å². The predicted octanol–water partition coefficient (Wildman–Crippen LogP) is 2.74. The molecule has 0 aromatic heterocycles. The van der Waals surface area contributed by atoms with E-state index in [9.17, 15) is 9.18 Å². The highest BCUT2D eigenvalue weighted by molar-refractivity contribution is 5.70. The Bertz CT molecular complexity index is 530. The molecule has 1 aliphatic heterocycles. The van der Waals surface area contributed by atoms with Crippen molar-refractivity contribution in [1.82, 2.24) is 5.32 Å². The molecule has 1 aliphatic carbocycles. The van der Waals surface area contributed by atoms with Crippen LogP contribution in [-0.2, 0) is 4.79 Å². The van der Waals surface area contributed by atoms with Crippen LogP contribution in [0.1, 0.15) is 37.3 Å². The first kappa shape index (κ1) is 14.3. The minimum Gasteiger partial charge on any atom is -0.490 e. The van der Waals surface area contributed by atoms with Gasteiger partial charge in [0.1, 0.15) is 0 Å². The molecule has 4 nitrogen and oxygen atoms in total. The third-order valence-corrected chi connectivity index (χ3v) is 4.54. The summed E-state index contributed by atoms with van der Waals surface area (Å²) in [6.07, 6.45) is 4.08. The third-order valence-electron chi connectivity index (χ3n) is 4.54. The van der Waals surface area contributed by atoms with Gasteiger partial charge in [-0.2, -0.15) is 0 Å². The first-order valence-corrected chi connectivity index (χ1v) is 7.52. The number of halogens is 1. The van der Waals surface area contributed by atoms with Gasteiger partial charge in [0, 0.05) is 12.6 Å². The number of benzene rings is 1. The maximum absolute atomic E-state index is 14.1. The SMILES string of the molecule is O=C(O)C1CNC(c2ccc(OCC3CCC3)c(F)c2)C1. The second-order valence-electron chi connectivity index (χ2n) is 6.03. The van der Waals surface area contributed by atoms with Crippen LogP contribution in [0.5, 0.6) is 5.75 Å². The van der Waals surface area contributed by atoms with Crippen molar-refractivity contribution in [3.8, 4) is 5.75 Å². The molecule has 1 saturated heterocycles. The zero-order valence-corrected chi connectivity index (χ0v) is 11.8. The first-order valence-electron chi connectivity index (χ1n) is 7.52. The monoisotopic (exact) mass is 293 g/mol. The molecular weight excluding hydrogens is 273 g/mol. The van der Waals surface area contributed by atoms with Gasteiger partial charge in [0.15, 0.2) is 11.6 Å². The zero-order chi connectivity index (χ0) is 14.8. The Morgan fingerprint density at radius 3 is 2.81 bits per heavy atom. The van der Waals surface area contributed by atoms with Gasteiger partial charge < -0.3 is 15.2 Å². The van der Waals surface area contributed by atoms with E-state index in [0.717, 1.165) is 5.56 Å². The van der Waals surface area contributed by atoms with Gasteiger partial charge in [-0.1, -0.05) is 12.5 Å². The van der Waals surface area contributed by atoms with Crippen LogP contribution in [0.2, 0.25) is 0 Å². The van der Waals surface area contributed by atoms with Crippen molar-refractivity contribution in [2.24, 2.45) is 11.8 Å². The Hall–Kier alpha value is -1.62. The lowest BCUT2D eigenvalue weighted by Gasteiger charge is -2.25. The van der Waals surface area contributed by atoms with Gasteiger partial charge in [-0.15, -0.1) is 0 Å². The Kier molecular flexibility index (Phi) is 4.10. The van der Waals surface area contributed by atoms with Crippen LogP contribution in [0.4, 0.5) is 4.39 Å². The molecule has 1 heterocycles. The lowest BCUT2D eigenvalue weighted by Crippen LogP contribution is -2.19. The van der Waals surface area contributed by atoms with E-state index >= 15 is 0 Å². The number of carboxylic acids is 1. The Labute approximate surface area is 123 Å². The molecule has 2 N–H and O–H groups in total. The summed E-state index contributed by atoms with van der Waals surface area (Å²) in [6, 6.07) is 4.83. The highest BCUT2D eigenvalue weighted by Gasteiger charge is 2.30. The molecular formula is C16H20FNO3. The number of ether oxygens (including phenoxy) is 1. The van der Waals surface area contributed by atoms with E-state index in [4.69, 9.17) is 9.84 Å². The molecule has 2 unspecified atom stereocenters. The number of aliphatic carboxylic acids is 1. The predicted molar refractivity (Wildman–Crippen MR) is 75.7 cm³/mol. The Morgan fingerprint density at radius 1 is 1.43 bits per heavy atom. The molecule has 21 heavy (non-hydrogen) atoms. The lowest BCUT2D eigenvalue weighted by atomic mass is 9.86. The highest BCUT2D eigenvalue weighted by atomic mass is 19.1. The number of hydrogen-bond acceptors (Lipinski definition) is 3. The molecule has 2 fully saturated rings. The topological polar surface area (TPSA) is 58.6 Å². The standard InChI is InChI=1S/C16H20FNO3/c17-13-6-11(14-7-12(8-18-14)16(19)20)4-5-15(13)21-9-10-2-1-3-10/h4-6,10,12,14,18H,1-3,7-9H2,(H,19,20). The van der Waals surface area contributed by atoms with E-state index in [1.807, 2.05) is 6.07 Å². The van der Waals surface area contributed by atoms with Gasteiger partial charge in [-0.3, -0.25) is 4.79 Å². The Morgan fingerprint density at radius 2 is 2.24 bits per heavy atom. The van der Waals surface area contributed by atoms with Crippen molar-refractivity contribution in [2.45, 2.75) is 31.7 Å². The molecule has 1 aromatic rings. The number of carbonyl (C=O) groups is 1. The third kappa shape index (κ3) is 3.18. The summed E-state index contributed by atoms with van der Waals surface area (Å²) in [5.41, 5.74) is 0.784. The van der Waals surface area contributed by atoms with Crippen molar-refractivity contribution >= 4 is 5.97 Å². The summed E-state index contributed by atoms with van der Waals surface area (Å²) < 4.78 is 19.6. The summed E-state index contributed by atoms with van der Waals surface area (Å²) in [5, 5.41) is 12.1. The van der Waals surface area contributed by atoms with E-state index in [-0.39, 0.29) is 11.9 Å². The maximum atomic E-state index is 14.1. The number of carboxylic acid groups (broad SMARTS) is 1. The fraction of sp³-hybridized carbons (Fsp3) is 0.562. The molecule has 5 heteroatoms. The van der Waals surface area contributed by atoms with E-state index in [0.29, 0.717) is 31.2 Å². The number of hydrogen-bond donors (Lipinski definition) is 2. The van der Waals surface area contributed by atoms with Gasteiger partial charge in [-0.25, -0.2) is 4.39 Å². The lowest BCUT2D eigenvalue weighted by molar-refractivity contribution is -0.141. The fourth-order valence-corrected chi connectivity index (χ4v) is 2.90. The molecule has 1 aromatic carbocycles. The van der Waals surface area contributed by atoms with Crippen molar-refractivity contribution in [1.29, 1.82) is 0 Å². The summed E-state index contributed by atoms with van der Waals surface area (Å²) in [5.74, 6) is -0.707. The van der Waals surface area contributed by atoms with Crippen LogP contribution in [-0.4, -0.2) is 24.2 Å². The molecule has 2 aliphatic rings. The van der Waals surface area contributed by atoms with Gasteiger partial charge in [0.05, 0.1) is 12.5 Å². The van der Waals surface area contributed by atoms with E-state index in [1.165, 1.54) is 25.3 Å². The molecule has 1 saturated carbocycles. The van der Waals surface area contributed by atoms with Crippen LogP contribution < -0.4 is 10.1 Å². The van der Waals surface area contributed by atoms with Crippen LogP contribution in [0, 0.1) is 17.7 Å². The van der Waals surface area contributed by atoms with Crippen molar-refractivity contribution in [3.05, 3.63) is 29.6 Å². The summed E-state index contributed by atoms with van der Waals surface area (Å²) >= 11 is 0. The first-order chi connectivity index (χ1) is 10.1. The fourth-order valence-electron chi connectivity index (χ4n) is 2.90. The average Bonchev–Trinajstić information content (AvgIpc) is 2.88. The molecule has 2 atom stereocenters. The smallest absolute Gasteiger partial charge is 0.307 e. The maximum Gasteiger partial charge on any atom is 0.307 e. The molecule has 114 valence electrons. The van der Waals surface area contributed by atoms with Gasteiger partial charge in [-0.05, 0) is 42.9 Å². The quantitative estimate of drug-likeness (QED) is 0.876.